The highest BCUT2D eigenvalue weighted by atomic mass is 16.2. The van der Waals surface area contributed by atoms with Gasteiger partial charge in [0.05, 0.1) is 16.5 Å². The Morgan fingerprint density at radius 2 is 1.89 bits per heavy atom. The number of benzene rings is 1. The Balaban J connectivity index is 2.17. The molecule has 0 spiro atoms. The van der Waals surface area contributed by atoms with E-state index in [4.69, 9.17) is 0 Å². The van der Waals surface area contributed by atoms with Crippen LogP contribution in [0, 0.1) is 5.92 Å². The van der Waals surface area contributed by atoms with Crippen molar-refractivity contribution in [1.29, 1.82) is 0 Å². The van der Waals surface area contributed by atoms with Crippen molar-refractivity contribution in [3.63, 3.8) is 0 Å². The van der Waals surface area contributed by atoms with Crippen LogP contribution in [-0.2, 0) is 4.79 Å². The van der Waals surface area contributed by atoms with Crippen molar-refractivity contribution in [3.05, 3.63) is 38.9 Å². The minimum Gasteiger partial charge on any atom is -0.325 e. The predicted octanol–water partition coefficient (Wildman–Crippen LogP) is 0.565. The molecule has 1 saturated carbocycles. The van der Waals surface area contributed by atoms with Crippen LogP contribution in [0.25, 0.3) is 10.8 Å². The molecule has 0 bridgehead atoms. The van der Waals surface area contributed by atoms with Gasteiger partial charge in [-0.15, -0.1) is 0 Å². The van der Waals surface area contributed by atoms with E-state index in [0.717, 1.165) is 12.8 Å². The van der Waals surface area contributed by atoms with Gasteiger partial charge in [0.2, 0.25) is 5.91 Å². The van der Waals surface area contributed by atoms with Crippen molar-refractivity contribution in [2.45, 2.75) is 12.8 Å². The van der Waals surface area contributed by atoms with Crippen molar-refractivity contribution in [1.82, 2.24) is 10.2 Å². The van der Waals surface area contributed by atoms with Crippen LogP contribution < -0.4 is 16.4 Å². The number of aromatic amines is 2. The Kier molecular flexibility index (Phi) is 2.29. The number of amides is 1. The third-order valence-electron chi connectivity index (χ3n) is 3.03. The standard InChI is InChI=1S/C12H11N3O3/c16-10(6-4-5-6)13-8-3-1-2-7-9(8)12(18)15-14-11(7)17/h1-3,6H,4-5H2,(H,13,16)(H,14,17)(H,15,18). The maximum absolute atomic E-state index is 11.7. The smallest absolute Gasteiger partial charge is 0.272 e. The van der Waals surface area contributed by atoms with Crippen molar-refractivity contribution in [2.24, 2.45) is 5.92 Å². The lowest BCUT2D eigenvalue weighted by atomic mass is 10.1. The summed E-state index contributed by atoms with van der Waals surface area (Å²) < 4.78 is 0. The highest BCUT2D eigenvalue weighted by molar-refractivity contribution is 6.02. The zero-order valence-electron chi connectivity index (χ0n) is 9.45. The molecule has 0 atom stereocenters. The van der Waals surface area contributed by atoms with E-state index in [1.165, 1.54) is 0 Å². The first-order valence-corrected chi connectivity index (χ1v) is 5.71. The molecule has 2 aromatic rings. The largest absolute Gasteiger partial charge is 0.325 e. The summed E-state index contributed by atoms with van der Waals surface area (Å²) in [5.41, 5.74) is -0.417. The van der Waals surface area contributed by atoms with Crippen LogP contribution in [0.3, 0.4) is 0 Å². The first-order valence-electron chi connectivity index (χ1n) is 5.71. The SMILES string of the molecule is O=C(Nc1cccc2c(=O)[nH][nH]c(=O)c12)C1CC1. The second-order valence-electron chi connectivity index (χ2n) is 4.40. The number of hydrogen-bond donors (Lipinski definition) is 3. The number of carbonyl (C=O) groups is 1. The van der Waals surface area contributed by atoms with Crippen LogP contribution in [-0.4, -0.2) is 16.1 Å². The van der Waals surface area contributed by atoms with Crippen LogP contribution in [0.15, 0.2) is 27.8 Å². The summed E-state index contributed by atoms with van der Waals surface area (Å²) in [6, 6.07) is 4.81. The lowest BCUT2D eigenvalue weighted by Gasteiger charge is -2.06. The average molecular weight is 245 g/mol. The lowest BCUT2D eigenvalue weighted by molar-refractivity contribution is -0.117. The van der Waals surface area contributed by atoms with Crippen LogP contribution in [0.2, 0.25) is 0 Å². The van der Waals surface area contributed by atoms with Crippen molar-refractivity contribution in [3.8, 4) is 0 Å². The number of hydrogen-bond acceptors (Lipinski definition) is 3. The van der Waals surface area contributed by atoms with Gasteiger partial charge in [-0.2, -0.15) is 0 Å². The molecular weight excluding hydrogens is 234 g/mol. The van der Waals surface area contributed by atoms with Crippen molar-refractivity contribution >= 4 is 22.4 Å². The Bertz CT molecular complexity index is 740. The zero-order valence-corrected chi connectivity index (χ0v) is 9.45. The summed E-state index contributed by atoms with van der Waals surface area (Å²) in [4.78, 5) is 35.0. The molecule has 1 aromatic carbocycles. The number of rotatable bonds is 2. The molecule has 92 valence electrons. The van der Waals surface area contributed by atoms with Gasteiger partial charge in [0.15, 0.2) is 0 Å². The van der Waals surface area contributed by atoms with Gasteiger partial charge in [-0.05, 0) is 25.0 Å². The number of carbonyl (C=O) groups excluding carboxylic acids is 1. The molecule has 1 aliphatic carbocycles. The number of aromatic nitrogens is 2. The molecular formula is C12H11N3O3. The molecule has 0 saturated heterocycles. The molecule has 1 amide bonds. The summed E-state index contributed by atoms with van der Waals surface area (Å²) in [5, 5.41) is 7.70. The molecule has 0 unspecified atom stereocenters. The van der Waals surface area contributed by atoms with E-state index >= 15 is 0 Å². The summed E-state index contributed by atoms with van der Waals surface area (Å²) in [7, 11) is 0. The first-order chi connectivity index (χ1) is 8.66. The Morgan fingerprint density at radius 3 is 2.61 bits per heavy atom. The summed E-state index contributed by atoms with van der Waals surface area (Å²) in [5.74, 6) is -0.0523. The highest BCUT2D eigenvalue weighted by Gasteiger charge is 2.30. The van der Waals surface area contributed by atoms with Gasteiger partial charge in [-0.25, -0.2) is 0 Å². The van der Waals surface area contributed by atoms with E-state index in [2.05, 4.69) is 15.5 Å². The Hall–Kier alpha value is -2.37. The van der Waals surface area contributed by atoms with Gasteiger partial charge in [0, 0.05) is 5.92 Å². The molecule has 3 rings (SSSR count). The van der Waals surface area contributed by atoms with Gasteiger partial charge in [0.25, 0.3) is 11.1 Å². The molecule has 1 fully saturated rings. The topological polar surface area (TPSA) is 94.8 Å². The fourth-order valence-corrected chi connectivity index (χ4v) is 1.91. The Labute approximate surface area is 101 Å². The van der Waals surface area contributed by atoms with Gasteiger partial charge < -0.3 is 5.32 Å². The maximum atomic E-state index is 11.7. The lowest BCUT2D eigenvalue weighted by Crippen LogP contribution is -2.21. The van der Waals surface area contributed by atoms with Gasteiger partial charge in [0.1, 0.15) is 0 Å². The fraction of sp³-hybridized carbons (Fsp3) is 0.250. The third kappa shape index (κ3) is 1.71. The zero-order chi connectivity index (χ0) is 12.7. The van der Waals surface area contributed by atoms with E-state index < -0.39 is 5.56 Å². The van der Waals surface area contributed by atoms with Crippen LogP contribution in [0.1, 0.15) is 12.8 Å². The van der Waals surface area contributed by atoms with Crippen molar-refractivity contribution in [2.75, 3.05) is 5.32 Å². The number of anilines is 1. The van der Waals surface area contributed by atoms with E-state index in [1.807, 2.05) is 0 Å². The molecule has 1 aromatic heterocycles. The van der Waals surface area contributed by atoms with Crippen molar-refractivity contribution < 1.29 is 4.79 Å². The summed E-state index contributed by atoms with van der Waals surface area (Å²) in [6.07, 6.45) is 1.76. The van der Waals surface area contributed by atoms with E-state index in [1.54, 1.807) is 18.2 Å². The molecule has 0 aliphatic heterocycles. The molecule has 6 nitrogen and oxygen atoms in total. The molecule has 3 N–H and O–H groups in total. The number of H-pyrrole nitrogens is 2. The molecule has 0 radical (unpaired) electrons. The third-order valence-corrected chi connectivity index (χ3v) is 3.03. The summed E-state index contributed by atoms with van der Waals surface area (Å²) in [6.45, 7) is 0. The average Bonchev–Trinajstić information content (AvgIpc) is 3.18. The summed E-state index contributed by atoms with van der Waals surface area (Å²) >= 11 is 0. The van der Waals surface area contributed by atoms with E-state index in [9.17, 15) is 14.4 Å². The van der Waals surface area contributed by atoms with Gasteiger partial charge in [-0.1, -0.05) is 6.07 Å². The second-order valence-corrected chi connectivity index (χ2v) is 4.40. The fourth-order valence-electron chi connectivity index (χ4n) is 1.91. The maximum Gasteiger partial charge on any atom is 0.272 e. The van der Waals surface area contributed by atoms with Gasteiger partial charge in [-0.3, -0.25) is 24.6 Å². The predicted molar refractivity (Wildman–Crippen MR) is 66.5 cm³/mol. The number of fused-ring (bicyclic) bond motifs is 1. The minimum absolute atomic E-state index is 0.0429. The second kappa shape index (κ2) is 3.83. The van der Waals surface area contributed by atoms with Gasteiger partial charge >= 0.3 is 0 Å². The van der Waals surface area contributed by atoms with E-state index in [-0.39, 0.29) is 28.2 Å². The molecule has 18 heavy (non-hydrogen) atoms. The van der Waals surface area contributed by atoms with Crippen LogP contribution in [0.4, 0.5) is 5.69 Å². The van der Waals surface area contributed by atoms with E-state index in [0.29, 0.717) is 5.69 Å². The van der Waals surface area contributed by atoms with Crippen LogP contribution >= 0.6 is 0 Å². The monoisotopic (exact) mass is 245 g/mol. The van der Waals surface area contributed by atoms with Crippen LogP contribution in [0.5, 0.6) is 0 Å². The Morgan fingerprint density at radius 1 is 1.17 bits per heavy atom. The minimum atomic E-state index is -0.420. The molecule has 1 aliphatic rings. The normalized spacial score (nSPS) is 14.7. The quantitative estimate of drug-likeness (QED) is 0.721. The highest BCUT2D eigenvalue weighted by Crippen LogP contribution is 2.30. The first kappa shape index (κ1) is 10.8. The molecule has 1 heterocycles. The number of nitrogens with one attached hydrogen (secondary N) is 3. The molecule has 6 heteroatoms.